The van der Waals surface area contributed by atoms with Gasteiger partial charge >= 0.3 is 0 Å². The van der Waals surface area contributed by atoms with Gasteiger partial charge in [0.05, 0.1) is 6.07 Å². The van der Waals surface area contributed by atoms with E-state index in [0.29, 0.717) is 0 Å². The standard InChI is InChI=1S/C15H17N3S/c1-18(2)13-7-5-12(6-8-13)15(10-16)17-11-14-4-3-9-19-14/h3-9,15,17H,11H2,1-2H3. The quantitative estimate of drug-likeness (QED) is 0.908. The largest absolute Gasteiger partial charge is 0.378 e. The van der Waals surface area contributed by atoms with Gasteiger partial charge < -0.3 is 4.90 Å². The molecule has 0 aliphatic rings. The second-order valence-corrected chi connectivity index (χ2v) is 5.54. The minimum atomic E-state index is -0.265. The van der Waals surface area contributed by atoms with Gasteiger partial charge in [0, 0.05) is 31.2 Å². The van der Waals surface area contributed by atoms with Crippen LogP contribution in [0.4, 0.5) is 5.69 Å². The third-order valence-corrected chi connectivity index (χ3v) is 3.81. The minimum absolute atomic E-state index is 0.265. The third kappa shape index (κ3) is 3.57. The Labute approximate surface area is 118 Å². The zero-order valence-corrected chi connectivity index (χ0v) is 11.9. The van der Waals surface area contributed by atoms with Crippen LogP contribution >= 0.6 is 11.3 Å². The molecule has 0 fully saturated rings. The Morgan fingerprint density at radius 1 is 1.26 bits per heavy atom. The van der Waals surface area contributed by atoms with Gasteiger partial charge in [-0.25, -0.2) is 0 Å². The highest BCUT2D eigenvalue weighted by Crippen LogP contribution is 2.18. The first-order valence-electron chi connectivity index (χ1n) is 6.13. The summed E-state index contributed by atoms with van der Waals surface area (Å²) in [6.07, 6.45) is 0. The van der Waals surface area contributed by atoms with E-state index in [0.717, 1.165) is 17.8 Å². The number of hydrogen-bond acceptors (Lipinski definition) is 4. The molecule has 3 nitrogen and oxygen atoms in total. The maximum atomic E-state index is 9.27. The molecule has 1 N–H and O–H groups in total. The molecule has 0 radical (unpaired) electrons. The topological polar surface area (TPSA) is 39.1 Å². The average Bonchev–Trinajstić information content (AvgIpc) is 2.93. The van der Waals surface area contributed by atoms with E-state index in [9.17, 15) is 5.26 Å². The van der Waals surface area contributed by atoms with Gasteiger partial charge in [-0.2, -0.15) is 5.26 Å². The summed E-state index contributed by atoms with van der Waals surface area (Å²) in [7, 11) is 4.01. The van der Waals surface area contributed by atoms with Gasteiger partial charge in [0.15, 0.2) is 0 Å². The van der Waals surface area contributed by atoms with Crippen LogP contribution in [0.15, 0.2) is 41.8 Å². The molecule has 0 spiro atoms. The molecular weight excluding hydrogens is 254 g/mol. The summed E-state index contributed by atoms with van der Waals surface area (Å²) in [4.78, 5) is 3.29. The Hall–Kier alpha value is -1.83. The van der Waals surface area contributed by atoms with E-state index in [1.807, 2.05) is 54.7 Å². The third-order valence-electron chi connectivity index (χ3n) is 2.93. The van der Waals surface area contributed by atoms with Crippen molar-refractivity contribution in [3.8, 4) is 6.07 Å². The van der Waals surface area contributed by atoms with Crippen molar-refractivity contribution in [1.82, 2.24) is 5.32 Å². The molecule has 0 aliphatic heterocycles. The van der Waals surface area contributed by atoms with E-state index in [4.69, 9.17) is 0 Å². The second kappa shape index (κ2) is 6.37. The molecule has 0 aliphatic carbocycles. The Morgan fingerprint density at radius 2 is 2.00 bits per heavy atom. The maximum Gasteiger partial charge on any atom is 0.121 e. The molecule has 1 unspecified atom stereocenters. The van der Waals surface area contributed by atoms with E-state index in [1.54, 1.807) is 11.3 Å². The smallest absolute Gasteiger partial charge is 0.121 e. The lowest BCUT2D eigenvalue weighted by molar-refractivity contribution is 0.636. The Kier molecular flexibility index (Phi) is 4.56. The van der Waals surface area contributed by atoms with Crippen molar-refractivity contribution in [2.24, 2.45) is 0 Å². The summed E-state index contributed by atoms with van der Waals surface area (Å²) in [5, 5.41) is 14.6. The SMILES string of the molecule is CN(C)c1ccc(C(C#N)NCc2cccs2)cc1. The van der Waals surface area contributed by atoms with Gasteiger partial charge in [-0.05, 0) is 29.1 Å². The van der Waals surface area contributed by atoms with Crippen LogP contribution in [0, 0.1) is 11.3 Å². The number of hydrogen-bond donors (Lipinski definition) is 1. The summed E-state index contributed by atoms with van der Waals surface area (Å²) in [5.41, 5.74) is 2.14. The molecule has 1 heterocycles. The van der Waals surface area contributed by atoms with Crippen LogP contribution in [0.1, 0.15) is 16.5 Å². The first kappa shape index (κ1) is 13.6. The summed E-state index contributed by atoms with van der Waals surface area (Å²) >= 11 is 1.70. The van der Waals surface area contributed by atoms with Crippen LogP contribution in [0.25, 0.3) is 0 Å². The first-order valence-corrected chi connectivity index (χ1v) is 7.01. The molecule has 0 bridgehead atoms. The number of rotatable bonds is 5. The summed E-state index contributed by atoms with van der Waals surface area (Å²) < 4.78 is 0. The zero-order valence-electron chi connectivity index (χ0n) is 11.1. The lowest BCUT2D eigenvalue weighted by Gasteiger charge is -2.15. The molecule has 19 heavy (non-hydrogen) atoms. The van der Waals surface area contributed by atoms with Crippen molar-refractivity contribution < 1.29 is 0 Å². The number of nitrogens with zero attached hydrogens (tertiary/aromatic N) is 2. The highest BCUT2D eigenvalue weighted by Gasteiger charge is 2.10. The van der Waals surface area contributed by atoms with E-state index < -0.39 is 0 Å². The van der Waals surface area contributed by atoms with Gasteiger partial charge in [-0.1, -0.05) is 18.2 Å². The molecule has 2 rings (SSSR count). The Bertz CT molecular complexity index is 538. The molecule has 0 saturated heterocycles. The zero-order chi connectivity index (χ0) is 13.7. The number of benzene rings is 1. The molecule has 2 aromatic rings. The van der Waals surface area contributed by atoms with Gasteiger partial charge in [-0.3, -0.25) is 5.32 Å². The van der Waals surface area contributed by atoms with Crippen molar-refractivity contribution in [2.75, 3.05) is 19.0 Å². The number of nitrogens with one attached hydrogen (secondary N) is 1. The van der Waals surface area contributed by atoms with Gasteiger partial charge in [-0.15, -0.1) is 11.3 Å². The molecule has 98 valence electrons. The van der Waals surface area contributed by atoms with Crippen LogP contribution in [0.5, 0.6) is 0 Å². The van der Waals surface area contributed by atoms with E-state index in [2.05, 4.69) is 17.5 Å². The molecule has 0 saturated carbocycles. The Morgan fingerprint density at radius 3 is 2.53 bits per heavy atom. The lowest BCUT2D eigenvalue weighted by atomic mass is 10.1. The summed E-state index contributed by atoms with van der Waals surface area (Å²) in [5.74, 6) is 0. The number of thiophene rings is 1. The normalized spacial score (nSPS) is 11.8. The fraction of sp³-hybridized carbons (Fsp3) is 0.267. The van der Waals surface area contributed by atoms with E-state index >= 15 is 0 Å². The molecule has 4 heteroatoms. The average molecular weight is 271 g/mol. The summed E-state index contributed by atoms with van der Waals surface area (Å²) in [6.45, 7) is 0.728. The summed E-state index contributed by atoms with van der Waals surface area (Å²) in [6, 6.07) is 14.2. The van der Waals surface area contributed by atoms with Crippen LogP contribution < -0.4 is 10.2 Å². The lowest BCUT2D eigenvalue weighted by Crippen LogP contribution is -2.19. The Balaban J connectivity index is 2.03. The highest BCUT2D eigenvalue weighted by atomic mass is 32.1. The van der Waals surface area contributed by atoms with Crippen molar-refractivity contribution in [3.05, 3.63) is 52.2 Å². The first-order chi connectivity index (χ1) is 9.20. The number of nitriles is 1. The van der Waals surface area contributed by atoms with Crippen molar-refractivity contribution >= 4 is 17.0 Å². The molecule has 1 atom stereocenters. The van der Waals surface area contributed by atoms with Crippen LogP contribution in [-0.2, 0) is 6.54 Å². The molecule has 1 aromatic carbocycles. The molecular formula is C15H17N3S. The predicted octanol–water partition coefficient (Wildman–Crippen LogP) is 3.17. The van der Waals surface area contributed by atoms with Crippen LogP contribution in [0.2, 0.25) is 0 Å². The maximum absolute atomic E-state index is 9.27. The fourth-order valence-electron chi connectivity index (χ4n) is 1.82. The second-order valence-electron chi connectivity index (χ2n) is 4.51. The van der Waals surface area contributed by atoms with Crippen LogP contribution in [0.3, 0.4) is 0 Å². The van der Waals surface area contributed by atoms with E-state index in [1.165, 1.54) is 4.88 Å². The number of anilines is 1. The van der Waals surface area contributed by atoms with Crippen molar-refractivity contribution in [3.63, 3.8) is 0 Å². The van der Waals surface area contributed by atoms with Crippen molar-refractivity contribution in [1.29, 1.82) is 5.26 Å². The van der Waals surface area contributed by atoms with Gasteiger partial charge in [0.2, 0.25) is 0 Å². The predicted molar refractivity (Wildman–Crippen MR) is 80.3 cm³/mol. The fourth-order valence-corrected chi connectivity index (χ4v) is 2.47. The van der Waals surface area contributed by atoms with Crippen molar-refractivity contribution in [2.45, 2.75) is 12.6 Å². The van der Waals surface area contributed by atoms with E-state index in [-0.39, 0.29) is 6.04 Å². The highest BCUT2D eigenvalue weighted by molar-refractivity contribution is 7.09. The van der Waals surface area contributed by atoms with Gasteiger partial charge in [0.1, 0.15) is 6.04 Å². The monoisotopic (exact) mass is 271 g/mol. The van der Waals surface area contributed by atoms with Gasteiger partial charge in [0.25, 0.3) is 0 Å². The molecule has 0 amide bonds. The molecule has 1 aromatic heterocycles. The minimum Gasteiger partial charge on any atom is -0.378 e. The van der Waals surface area contributed by atoms with Crippen LogP contribution in [-0.4, -0.2) is 14.1 Å².